The summed E-state index contributed by atoms with van der Waals surface area (Å²) in [5.74, 6) is 0.0345. The van der Waals surface area contributed by atoms with Gasteiger partial charge in [-0.25, -0.2) is 0 Å². The third-order valence-electron chi connectivity index (χ3n) is 4.63. The molecule has 1 fully saturated rings. The number of carbonyl (C=O) groups excluding carboxylic acids is 2. The average Bonchev–Trinajstić information content (AvgIpc) is 3.29. The average molecular weight is 376 g/mol. The van der Waals surface area contributed by atoms with Gasteiger partial charge in [0.15, 0.2) is 5.76 Å². The van der Waals surface area contributed by atoms with Crippen molar-refractivity contribution in [3.63, 3.8) is 0 Å². The highest BCUT2D eigenvalue weighted by molar-refractivity contribution is 5.94. The quantitative estimate of drug-likeness (QED) is 0.757. The predicted octanol–water partition coefficient (Wildman–Crippen LogP) is 3.02. The second-order valence-corrected chi connectivity index (χ2v) is 6.48. The van der Waals surface area contributed by atoms with Crippen LogP contribution in [0.4, 0.5) is 11.4 Å². The second-order valence-electron chi connectivity index (χ2n) is 6.48. The van der Waals surface area contributed by atoms with Crippen LogP contribution in [0.1, 0.15) is 21.0 Å². The van der Waals surface area contributed by atoms with E-state index >= 15 is 0 Å². The molecule has 1 aromatic carbocycles. The van der Waals surface area contributed by atoms with E-state index in [9.17, 15) is 9.59 Å². The molecule has 2 aromatic heterocycles. The lowest BCUT2D eigenvalue weighted by Crippen LogP contribution is -2.50. The SMILES string of the molecule is O=C(c1cc(Nc2ccccc2)ccn1)N1CCN(C(=O)c2ccco2)CC1. The van der Waals surface area contributed by atoms with Gasteiger partial charge in [-0.2, -0.15) is 0 Å². The van der Waals surface area contributed by atoms with E-state index < -0.39 is 0 Å². The number of anilines is 2. The van der Waals surface area contributed by atoms with E-state index in [1.54, 1.807) is 34.2 Å². The zero-order valence-corrected chi connectivity index (χ0v) is 15.2. The van der Waals surface area contributed by atoms with Crippen molar-refractivity contribution < 1.29 is 14.0 Å². The van der Waals surface area contributed by atoms with E-state index in [-0.39, 0.29) is 11.8 Å². The monoisotopic (exact) mass is 376 g/mol. The van der Waals surface area contributed by atoms with Gasteiger partial charge in [0.05, 0.1) is 6.26 Å². The van der Waals surface area contributed by atoms with Crippen molar-refractivity contribution in [2.75, 3.05) is 31.5 Å². The molecule has 0 spiro atoms. The summed E-state index contributed by atoms with van der Waals surface area (Å²) in [5, 5.41) is 3.27. The molecular formula is C21H20N4O3. The maximum atomic E-state index is 12.8. The maximum Gasteiger partial charge on any atom is 0.289 e. The number of nitrogens with one attached hydrogen (secondary N) is 1. The highest BCUT2D eigenvalue weighted by Gasteiger charge is 2.27. The van der Waals surface area contributed by atoms with E-state index in [2.05, 4.69) is 10.3 Å². The normalized spacial score (nSPS) is 14.0. The number of rotatable bonds is 4. The van der Waals surface area contributed by atoms with Crippen molar-refractivity contribution in [2.45, 2.75) is 0 Å². The minimum atomic E-state index is -0.149. The Hall–Kier alpha value is -3.61. The van der Waals surface area contributed by atoms with Gasteiger partial charge >= 0.3 is 0 Å². The summed E-state index contributed by atoms with van der Waals surface area (Å²) in [6.07, 6.45) is 3.10. The number of benzene rings is 1. The van der Waals surface area contributed by atoms with E-state index in [1.807, 2.05) is 36.4 Å². The summed E-state index contributed by atoms with van der Waals surface area (Å²) in [6, 6.07) is 16.7. The van der Waals surface area contributed by atoms with Gasteiger partial charge < -0.3 is 19.5 Å². The van der Waals surface area contributed by atoms with Gasteiger partial charge in [0.1, 0.15) is 5.69 Å². The van der Waals surface area contributed by atoms with Crippen LogP contribution in [0.15, 0.2) is 71.5 Å². The number of hydrogen-bond donors (Lipinski definition) is 1. The maximum absolute atomic E-state index is 12.8. The van der Waals surface area contributed by atoms with E-state index in [4.69, 9.17) is 4.42 Å². The second kappa shape index (κ2) is 7.96. The molecule has 1 aliphatic rings. The fourth-order valence-corrected chi connectivity index (χ4v) is 3.14. The number of aromatic nitrogens is 1. The summed E-state index contributed by atoms with van der Waals surface area (Å²) in [4.78, 5) is 32.8. The van der Waals surface area contributed by atoms with Crippen LogP contribution in [0.5, 0.6) is 0 Å². The van der Waals surface area contributed by atoms with Crippen LogP contribution < -0.4 is 5.32 Å². The summed E-state index contributed by atoms with van der Waals surface area (Å²) < 4.78 is 5.17. The Morgan fingerprint density at radius 1 is 0.857 bits per heavy atom. The number of hydrogen-bond acceptors (Lipinski definition) is 5. The van der Waals surface area contributed by atoms with Gasteiger partial charge in [-0.3, -0.25) is 14.6 Å². The molecule has 0 bridgehead atoms. The van der Waals surface area contributed by atoms with Crippen LogP contribution in [0.3, 0.4) is 0 Å². The van der Waals surface area contributed by atoms with Crippen LogP contribution in [0, 0.1) is 0 Å². The zero-order valence-electron chi connectivity index (χ0n) is 15.2. The van der Waals surface area contributed by atoms with Gasteiger partial charge in [-0.1, -0.05) is 18.2 Å². The molecule has 1 saturated heterocycles. The molecule has 1 N–H and O–H groups in total. The number of nitrogens with zero attached hydrogens (tertiary/aromatic N) is 3. The molecule has 7 heteroatoms. The Balaban J connectivity index is 1.39. The molecule has 142 valence electrons. The minimum absolute atomic E-state index is 0.137. The molecule has 0 atom stereocenters. The minimum Gasteiger partial charge on any atom is -0.459 e. The summed E-state index contributed by atoms with van der Waals surface area (Å²) in [7, 11) is 0. The van der Waals surface area contributed by atoms with Crippen molar-refractivity contribution >= 4 is 23.2 Å². The van der Waals surface area contributed by atoms with E-state index in [0.717, 1.165) is 11.4 Å². The first-order valence-corrected chi connectivity index (χ1v) is 9.11. The van der Waals surface area contributed by atoms with Gasteiger partial charge in [-0.05, 0) is 36.4 Å². The number of pyridine rings is 1. The smallest absolute Gasteiger partial charge is 0.289 e. The van der Waals surface area contributed by atoms with Crippen molar-refractivity contribution in [1.29, 1.82) is 0 Å². The molecule has 3 aromatic rings. The topological polar surface area (TPSA) is 78.7 Å². The zero-order chi connectivity index (χ0) is 19.3. The molecule has 0 unspecified atom stereocenters. The lowest BCUT2D eigenvalue weighted by atomic mass is 10.2. The predicted molar refractivity (Wildman–Crippen MR) is 104 cm³/mol. The molecule has 7 nitrogen and oxygen atoms in total. The van der Waals surface area contributed by atoms with Crippen LogP contribution in [0.2, 0.25) is 0 Å². The molecule has 4 rings (SSSR count). The Morgan fingerprint density at radius 3 is 2.25 bits per heavy atom. The Morgan fingerprint density at radius 2 is 1.57 bits per heavy atom. The van der Waals surface area contributed by atoms with Gasteiger partial charge in [-0.15, -0.1) is 0 Å². The Kier molecular flexibility index (Phi) is 5.05. The first-order valence-electron chi connectivity index (χ1n) is 9.11. The van der Waals surface area contributed by atoms with Crippen LogP contribution >= 0.6 is 0 Å². The Labute approximate surface area is 162 Å². The summed E-state index contributed by atoms with van der Waals surface area (Å²) in [5.41, 5.74) is 2.13. The molecular weight excluding hydrogens is 356 g/mol. The number of para-hydroxylation sites is 1. The number of carbonyl (C=O) groups is 2. The summed E-state index contributed by atoms with van der Waals surface area (Å²) in [6.45, 7) is 1.85. The highest BCUT2D eigenvalue weighted by atomic mass is 16.3. The lowest BCUT2D eigenvalue weighted by Gasteiger charge is -2.34. The van der Waals surface area contributed by atoms with Crippen molar-refractivity contribution in [3.8, 4) is 0 Å². The molecule has 0 aliphatic carbocycles. The van der Waals surface area contributed by atoms with Crippen molar-refractivity contribution in [1.82, 2.24) is 14.8 Å². The van der Waals surface area contributed by atoms with Crippen LogP contribution in [0.25, 0.3) is 0 Å². The third-order valence-corrected chi connectivity index (χ3v) is 4.63. The first kappa shape index (κ1) is 17.8. The van der Waals surface area contributed by atoms with Crippen LogP contribution in [-0.2, 0) is 0 Å². The van der Waals surface area contributed by atoms with Crippen LogP contribution in [-0.4, -0.2) is 52.8 Å². The number of piperazine rings is 1. The fraction of sp³-hybridized carbons (Fsp3) is 0.190. The van der Waals surface area contributed by atoms with Gasteiger partial charge in [0.25, 0.3) is 11.8 Å². The summed E-state index contributed by atoms with van der Waals surface area (Å²) >= 11 is 0. The highest BCUT2D eigenvalue weighted by Crippen LogP contribution is 2.18. The number of furan rings is 1. The van der Waals surface area contributed by atoms with Gasteiger partial charge in [0.2, 0.25) is 0 Å². The largest absolute Gasteiger partial charge is 0.459 e. The lowest BCUT2D eigenvalue weighted by molar-refractivity contribution is 0.0515. The molecule has 28 heavy (non-hydrogen) atoms. The molecule has 0 radical (unpaired) electrons. The Bertz CT molecular complexity index is 949. The van der Waals surface area contributed by atoms with Crippen molar-refractivity contribution in [2.24, 2.45) is 0 Å². The van der Waals surface area contributed by atoms with E-state index in [0.29, 0.717) is 37.6 Å². The molecule has 0 saturated carbocycles. The number of amides is 2. The fourth-order valence-electron chi connectivity index (χ4n) is 3.14. The molecule has 3 heterocycles. The van der Waals surface area contributed by atoms with Gasteiger partial charge in [0, 0.05) is 43.8 Å². The first-order chi connectivity index (χ1) is 13.7. The van der Waals surface area contributed by atoms with Crippen molar-refractivity contribution in [3.05, 3.63) is 78.5 Å². The molecule has 2 amide bonds. The van der Waals surface area contributed by atoms with E-state index in [1.165, 1.54) is 6.26 Å². The standard InChI is InChI=1S/C21H20N4O3/c26-20(18-15-17(8-9-22-18)23-16-5-2-1-3-6-16)24-10-12-25(13-11-24)21(27)19-7-4-14-28-19/h1-9,14-15H,10-13H2,(H,22,23). The third kappa shape index (κ3) is 3.88. The molecule has 1 aliphatic heterocycles.